The van der Waals surface area contributed by atoms with Crippen molar-refractivity contribution in [1.29, 1.82) is 0 Å². The van der Waals surface area contributed by atoms with E-state index in [1.807, 2.05) is 26.0 Å². The lowest BCUT2D eigenvalue weighted by molar-refractivity contribution is -0.142. The highest BCUT2D eigenvalue weighted by atomic mass is 35.5. The van der Waals surface area contributed by atoms with E-state index >= 15 is 0 Å². The van der Waals surface area contributed by atoms with E-state index in [9.17, 15) is 9.90 Å². The lowest BCUT2D eigenvalue weighted by atomic mass is 9.97. The quantitative estimate of drug-likeness (QED) is 0.812. The van der Waals surface area contributed by atoms with E-state index in [-0.39, 0.29) is 5.92 Å². The molecule has 0 spiro atoms. The highest BCUT2D eigenvalue weighted by molar-refractivity contribution is 6.30. The first-order valence-corrected chi connectivity index (χ1v) is 7.72. The first kappa shape index (κ1) is 16.1. The van der Waals surface area contributed by atoms with Crippen LogP contribution in [-0.4, -0.2) is 24.2 Å². The average molecular weight is 312 g/mol. The third-order valence-corrected chi connectivity index (χ3v) is 3.85. The van der Waals surface area contributed by atoms with Crippen LogP contribution in [0.25, 0.3) is 0 Å². The Morgan fingerprint density at radius 2 is 2.24 bits per heavy atom. The van der Waals surface area contributed by atoms with Crippen molar-refractivity contribution in [3.05, 3.63) is 28.3 Å². The van der Waals surface area contributed by atoms with Crippen molar-refractivity contribution in [2.45, 2.75) is 33.2 Å². The Labute approximate surface area is 130 Å². The molecule has 4 nitrogen and oxygen atoms in total. The number of aliphatic carboxylic acids is 1. The van der Waals surface area contributed by atoms with Crippen LogP contribution in [0.3, 0.4) is 0 Å². The number of ether oxygens (including phenoxy) is 1. The molecule has 116 valence electrons. The van der Waals surface area contributed by atoms with Crippen LogP contribution < -0.4 is 10.1 Å². The van der Waals surface area contributed by atoms with Gasteiger partial charge in [-0.2, -0.15) is 0 Å². The van der Waals surface area contributed by atoms with Crippen molar-refractivity contribution >= 4 is 17.6 Å². The van der Waals surface area contributed by atoms with E-state index in [0.717, 1.165) is 23.3 Å². The summed E-state index contributed by atoms with van der Waals surface area (Å²) in [6, 6.07) is 3.82. The maximum absolute atomic E-state index is 11.2. The van der Waals surface area contributed by atoms with Crippen LogP contribution >= 0.6 is 11.6 Å². The van der Waals surface area contributed by atoms with Crippen LogP contribution in [0.2, 0.25) is 5.02 Å². The predicted molar refractivity (Wildman–Crippen MR) is 82.9 cm³/mol. The molecule has 0 bridgehead atoms. The van der Waals surface area contributed by atoms with Gasteiger partial charge >= 0.3 is 5.97 Å². The second kappa shape index (κ2) is 7.14. The van der Waals surface area contributed by atoms with Crippen molar-refractivity contribution in [3.63, 3.8) is 0 Å². The average Bonchev–Trinajstić information content (AvgIpc) is 2.84. The molecule has 2 rings (SSSR count). The fraction of sp³-hybridized carbons (Fsp3) is 0.562. The Bertz CT molecular complexity index is 516. The third kappa shape index (κ3) is 4.35. The van der Waals surface area contributed by atoms with Gasteiger partial charge < -0.3 is 15.2 Å². The van der Waals surface area contributed by atoms with Crippen LogP contribution in [-0.2, 0) is 17.8 Å². The first-order valence-electron chi connectivity index (χ1n) is 7.35. The molecule has 0 radical (unpaired) electrons. The summed E-state index contributed by atoms with van der Waals surface area (Å²) in [4.78, 5) is 11.2. The molecule has 1 atom stereocenters. The molecule has 1 aliphatic heterocycles. The van der Waals surface area contributed by atoms with Gasteiger partial charge in [0.05, 0.1) is 12.5 Å². The Morgan fingerprint density at radius 3 is 2.90 bits per heavy atom. The highest BCUT2D eigenvalue weighted by Crippen LogP contribution is 2.32. The minimum atomic E-state index is -0.747. The molecule has 0 aromatic heterocycles. The fourth-order valence-electron chi connectivity index (χ4n) is 2.70. The van der Waals surface area contributed by atoms with E-state index in [0.29, 0.717) is 37.1 Å². The summed E-state index contributed by atoms with van der Waals surface area (Å²) < 4.78 is 5.64. The topological polar surface area (TPSA) is 58.6 Å². The Morgan fingerprint density at radius 1 is 1.48 bits per heavy atom. The minimum Gasteiger partial charge on any atom is -0.493 e. The zero-order chi connectivity index (χ0) is 15.4. The molecule has 21 heavy (non-hydrogen) atoms. The summed E-state index contributed by atoms with van der Waals surface area (Å²) >= 11 is 6.11. The van der Waals surface area contributed by atoms with Crippen molar-refractivity contribution in [3.8, 4) is 5.75 Å². The summed E-state index contributed by atoms with van der Waals surface area (Å²) in [5.41, 5.74) is 2.14. The van der Waals surface area contributed by atoms with Crippen molar-refractivity contribution in [2.24, 2.45) is 11.8 Å². The van der Waals surface area contributed by atoms with Gasteiger partial charge in [0.2, 0.25) is 0 Å². The second-order valence-electron chi connectivity index (χ2n) is 5.95. The van der Waals surface area contributed by atoms with Crippen molar-refractivity contribution < 1.29 is 14.6 Å². The molecule has 0 saturated heterocycles. The molecule has 2 N–H and O–H groups in total. The van der Waals surface area contributed by atoms with Crippen molar-refractivity contribution in [1.82, 2.24) is 5.32 Å². The third-order valence-electron chi connectivity index (χ3n) is 3.64. The number of carboxylic acid groups (broad SMARTS) is 1. The van der Waals surface area contributed by atoms with Crippen LogP contribution in [0.4, 0.5) is 0 Å². The zero-order valence-electron chi connectivity index (χ0n) is 12.5. The normalized spacial score (nSPS) is 14.9. The number of fused-ring (bicyclic) bond motifs is 1. The largest absolute Gasteiger partial charge is 0.493 e. The number of rotatable bonds is 7. The molecule has 1 heterocycles. The number of nitrogens with one attached hydrogen (secondary N) is 1. The lowest BCUT2D eigenvalue weighted by Crippen LogP contribution is -2.29. The van der Waals surface area contributed by atoms with Gasteiger partial charge in [-0.1, -0.05) is 25.4 Å². The molecular weight excluding hydrogens is 290 g/mol. The molecule has 1 aliphatic rings. The van der Waals surface area contributed by atoms with E-state index in [4.69, 9.17) is 16.3 Å². The van der Waals surface area contributed by atoms with Crippen LogP contribution in [0, 0.1) is 11.8 Å². The van der Waals surface area contributed by atoms with E-state index in [2.05, 4.69) is 5.32 Å². The second-order valence-corrected chi connectivity index (χ2v) is 6.38. The number of hydrogen-bond donors (Lipinski definition) is 2. The molecule has 1 aromatic carbocycles. The standard InChI is InChI=1S/C16H22ClNO3/c1-10(2)5-13(16(19)20)9-18-8-12-7-14(17)6-11-3-4-21-15(11)12/h6-7,10,13,18H,3-5,8-9H2,1-2H3,(H,19,20). The van der Waals surface area contributed by atoms with Gasteiger partial charge in [0, 0.05) is 30.1 Å². The maximum Gasteiger partial charge on any atom is 0.307 e. The van der Waals surface area contributed by atoms with Gasteiger partial charge in [0.15, 0.2) is 0 Å². The summed E-state index contributed by atoms with van der Waals surface area (Å²) in [6.07, 6.45) is 1.56. The smallest absolute Gasteiger partial charge is 0.307 e. The van der Waals surface area contributed by atoms with Gasteiger partial charge in [-0.15, -0.1) is 0 Å². The number of carboxylic acids is 1. The van der Waals surface area contributed by atoms with Crippen molar-refractivity contribution in [2.75, 3.05) is 13.2 Å². The van der Waals surface area contributed by atoms with Crippen LogP contribution in [0.15, 0.2) is 12.1 Å². The van der Waals surface area contributed by atoms with Gasteiger partial charge in [-0.25, -0.2) is 0 Å². The SMILES string of the molecule is CC(C)CC(CNCc1cc(Cl)cc2c1OCC2)C(=O)O. The molecule has 0 amide bonds. The number of benzene rings is 1. The molecule has 5 heteroatoms. The van der Waals surface area contributed by atoms with E-state index in [1.165, 1.54) is 0 Å². The van der Waals surface area contributed by atoms with Gasteiger partial charge in [-0.05, 0) is 30.0 Å². The number of carbonyl (C=O) groups is 1. The molecular formula is C16H22ClNO3. The molecule has 1 unspecified atom stereocenters. The zero-order valence-corrected chi connectivity index (χ0v) is 13.2. The first-order chi connectivity index (χ1) is 9.97. The number of halogens is 1. The Kier molecular flexibility index (Phi) is 5.48. The predicted octanol–water partition coefficient (Wildman–Crippen LogP) is 3.11. The van der Waals surface area contributed by atoms with Gasteiger partial charge in [0.25, 0.3) is 0 Å². The summed E-state index contributed by atoms with van der Waals surface area (Å²) in [6.45, 7) is 5.79. The Balaban J connectivity index is 1.95. The van der Waals surface area contributed by atoms with Crippen LogP contribution in [0.5, 0.6) is 5.75 Å². The Hall–Kier alpha value is -1.26. The highest BCUT2D eigenvalue weighted by Gasteiger charge is 2.20. The van der Waals surface area contributed by atoms with E-state index in [1.54, 1.807) is 0 Å². The summed E-state index contributed by atoms with van der Waals surface area (Å²) in [5.74, 6) is 0.163. The minimum absolute atomic E-state index is 0.363. The van der Waals surface area contributed by atoms with Gasteiger partial charge in [0.1, 0.15) is 5.75 Å². The molecule has 0 saturated carbocycles. The van der Waals surface area contributed by atoms with Gasteiger partial charge in [-0.3, -0.25) is 4.79 Å². The monoisotopic (exact) mass is 311 g/mol. The summed E-state index contributed by atoms with van der Waals surface area (Å²) in [7, 11) is 0. The fourth-order valence-corrected chi connectivity index (χ4v) is 2.96. The number of hydrogen-bond acceptors (Lipinski definition) is 3. The molecule has 0 aliphatic carbocycles. The summed E-state index contributed by atoms with van der Waals surface area (Å²) in [5, 5.41) is 13.2. The maximum atomic E-state index is 11.2. The lowest BCUT2D eigenvalue weighted by Gasteiger charge is -2.16. The van der Waals surface area contributed by atoms with Crippen LogP contribution in [0.1, 0.15) is 31.4 Å². The van der Waals surface area contributed by atoms with E-state index < -0.39 is 5.97 Å². The molecule has 1 aromatic rings. The molecule has 0 fully saturated rings.